The molecule has 0 saturated heterocycles. The Hall–Kier alpha value is -1.31. The number of benzene rings is 1. The van der Waals surface area contributed by atoms with Crippen molar-refractivity contribution in [1.29, 1.82) is 0 Å². The van der Waals surface area contributed by atoms with Gasteiger partial charge in [0.25, 0.3) is 0 Å². The Morgan fingerprint density at radius 2 is 1.74 bits per heavy atom. The van der Waals surface area contributed by atoms with Crippen LogP contribution in [-0.4, -0.2) is 11.4 Å². The van der Waals surface area contributed by atoms with Crippen molar-refractivity contribution in [2.75, 3.05) is 0 Å². The van der Waals surface area contributed by atoms with Crippen LogP contribution in [0.4, 0.5) is 0 Å². The molecule has 19 heavy (non-hydrogen) atoms. The fraction of sp³-hybridized carbons (Fsp3) is 0.588. The number of carbonyl (C=O) groups is 1. The number of carbonyl (C=O) groups excluding carboxylic acids is 1. The van der Waals surface area contributed by atoms with Gasteiger partial charge in [-0.25, -0.2) is 0 Å². The predicted octanol–water partition coefficient (Wildman–Crippen LogP) is 4.87. The third kappa shape index (κ3) is 4.09. The minimum Gasteiger partial charge on any atom is -0.488 e. The molecule has 1 aromatic rings. The van der Waals surface area contributed by atoms with Crippen molar-refractivity contribution < 1.29 is 9.53 Å². The van der Waals surface area contributed by atoms with Crippen LogP contribution in [0.15, 0.2) is 24.3 Å². The van der Waals surface area contributed by atoms with Gasteiger partial charge in [-0.1, -0.05) is 39.8 Å². The van der Waals surface area contributed by atoms with Crippen LogP contribution in [0.5, 0.6) is 5.75 Å². The van der Waals surface area contributed by atoms with E-state index in [1.54, 1.807) is 0 Å². The molecular formula is C17H26O2. The standard InChI is InChI=1S/C17H26O2/c1-7-16(3,4)15(18)13-10-9-11-14(12-13)19-17(5,6)8-2/h9-12H,7-8H2,1-6H3. The van der Waals surface area contributed by atoms with Crippen LogP contribution in [0.3, 0.4) is 0 Å². The first-order valence-corrected chi connectivity index (χ1v) is 7.06. The molecule has 0 aliphatic heterocycles. The zero-order valence-corrected chi connectivity index (χ0v) is 13.0. The second-order valence-corrected chi connectivity index (χ2v) is 6.31. The van der Waals surface area contributed by atoms with Gasteiger partial charge in [-0.15, -0.1) is 0 Å². The van der Waals surface area contributed by atoms with Crippen LogP contribution in [0, 0.1) is 5.41 Å². The van der Waals surface area contributed by atoms with E-state index in [4.69, 9.17) is 4.74 Å². The maximum atomic E-state index is 12.4. The van der Waals surface area contributed by atoms with Gasteiger partial charge in [0, 0.05) is 11.0 Å². The van der Waals surface area contributed by atoms with Gasteiger partial charge in [0.2, 0.25) is 0 Å². The van der Waals surface area contributed by atoms with E-state index in [1.165, 1.54) is 0 Å². The van der Waals surface area contributed by atoms with Gasteiger partial charge in [0.15, 0.2) is 5.78 Å². The third-order valence-electron chi connectivity index (χ3n) is 3.84. The molecule has 1 aromatic carbocycles. The van der Waals surface area contributed by atoms with Crippen LogP contribution < -0.4 is 4.74 Å². The monoisotopic (exact) mass is 262 g/mol. The Morgan fingerprint density at radius 1 is 1.11 bits per heavy atom. The fourth-order valence-corrected chi connectivity index (χ4v) is 1.64. The molecule has 106 valence electrons. The largest absolute Gasteiger partial charge is 0.488 e. The number of rotatable bonds is 6. The zero-order chi connectivity index (χ0) is 14.7. The first-order valence-electron chi connectivity index (χ1n) is 7.06. The van der Waals surface area contributed by atoms with Crippen LogP contribution in [-0.2, 0) is 0 Å². The van der Waals surface area contributed by atoms with Gasteiger partial charge in [-0.05, 0) is 38.8 Å². The predicted molar refractivity (Wildman–Crippen MR) is 79.8 cm³/mol. The molecule has 0 aromatic heterocycles. The minimum atomic E-state index is -0.321. The molecule has 0 bridgehead atoms. The Morgan fingerprint density at radius 3 is 2.26 bits per heavy atom. The molecule has 0 fully saturated rings. The Kier molecular flexibility index (Phi) is 4.78. The van der Waals surface area contributed by atoms with Crippen LogP contribution in [0.2, 0.25) is 0 Å². The highest BCUT2D eigenvalue weighted by Gasteiger charge is 2.27. The van der Waals surface area contributed by atoms with E-state index in [0.717, 1.165) is 24.2 Å². The maximum Gasteiger partial charge on any atom is 0.168 e. The van der Waals surface area contributed by atoms with Crippen LogP contribution >= 0.6 is 0 Å². The van der Waals surface area contributed by atoms with Crippen molar-refractivity contribution in [2.24, 2.45) is 5.41 Å². The summed E-state index contributed by atoms with van der Waals surface area (Å²) >= 11 is 0. The molecular weight excluding hydrogens is 236 g/mol. The zero-order valence-electron chi connectivity index (χ0n) is 13.0. The maximum absolute atomic E-state index is 12.4. The Balaban J connectivity index is 2.98. The highest BCUT2D eigenvalue weighted by molar-refractivity contribution is 6.00. The number of hydrogen-bond acceptors (Lipinski definition) is 2. The second kappa shape index (κ2) is 5.77. The topological polar surface area (TPSA) is 26.3 Å². The number of hydrogen-bond donors (Lipinski definition) is 0. The Labute approximate surface area is 117 Å². The molecule has 0 saturated carbocycles. The SMILES string of the molecule is CCC(C)(C)Oc1cccc(C(=O)C(C)(C)CC)c1. The summed E-state index contributed by atoms with van der Waals surface area (Å²) in [6, 6.07) is 7.52. The number of ketones is 1. The second-order valence-electron chi connectivity index (χ2n) is 6.31. The summed E-state index contributed by atoms with van der Waals surface area (Å²) in [5, 5.41) is 0. The molecule has 2 nitrogen and oxygen atoms in total. The average Bonchev–Trinajstić information content (AvgIpc) is 2.37. The van der Waals surface area contributed by atoms with Crippen LogP contribution in [0.25, 0.3) is 0 Å². The van der Waals surface area contributed by atoms with Gasteiger partial charge in [0.1, 0.15) is 11.4 Å². The van der Waals surface area contributed by atoms with E-state index in [0.29, 0.717) is 0 Å². The van der Waals surface area contributed by atoms with Gasteiger partial charge in [0.05, 0.1) is 0 Å². The molecule has 0 amide bonds. The molecule has 0 atom stereocenters. The summed E-state index contributed by atoms with van der Waals surface area (Å²) in [6.07, 6.45) is 1.75. The summed E-state index contributed by atoms with van der Waals surface area (Å²) in [5.41, 5.74) is 0.206. The van der Waals surface area contributed by atoms with E-state index >= 15 is 0 Å². The number of Topliss-reactive ketones (excluding diaryl/α,β-unsaturated/α-hetero) is 1. The fourth-order valence-electron chi connectivity index (χ4n) is 1.64. The van der Waals surface area contributed by atoms with E-state index < -0.39 is 0 Å². The van der Waals surface area contributed by atoms with Crippen molar-refractivity contribution in [2.45, 2.75) is 60.0 Å². The molecule has 0 N–H and O–H groups in total. The molecule has 0 aliphatic carbocycles. The molecule has 0 radical (unpaired) electrons. The van der Waals surface area contributed by atoms with Crippen LogP contribution in [0.1, 0.15) is 64.7 Å². The first-order chi connectivity index (χ1) is 8.72. The molecule has 0 heterocycles. The van der Waals surface area contributed by atoms with Gasteiger partial charge in [-0.3, -0.25) is 4.79 Å². The first kappa shape index (κ1) is 15.7. The third-order valence-corrected chi connectivity index (χ3v) is 3.84. The van der Waals surface area contributed by atoms with Gasteiger partial charge >= 0.3 is 0 Å². The van der Waals surface area contributed by atoms with E-state index in [9.17, 15) is 4.79 Å². The molecule has 0 aliphatic rings. The summed E-state index contributed by atoms with van der Waals surface area (Å²) in [6.45, 7) is 12.2. The summed E-state index contributed by atoms with van der Waals surface area (Å²) in [5.74, 6) is 0.944. The average molecular weight is 262 g/mol. The van der Waals surface area contributed by atoms with E-state index in [1.807, 2.05) is 45.0 Å². The lowest BCUT2D eigenvalue weighted by atomic mass is 9.82. The van der Waals surface area contributed by atoms with Crippen molar-refractivity contribution in [1.82, 2.24) is 0 Å². The van der Waals surface area contributed by atoms with Crippen molar-refractivity contribution in [3.8, 4) is 5.75 Å². The summed E-state index contributed by atoms with van der Waals surface area (Å²) in [7, 11) is 0. The van der Waals surface area contributed by atoms with E-state index in [2.05, 4.69) is 20.8 Å². The normalized spacial score (nSPS) is 12.3. The summed E-state index contributed by atoms with van der Waals surface area (Å²) < 4.78 is 5.94. The molecule has 2 heteroatoms. The minimum absolute atomic E-state index is 0.176. The van der Waals surface area contributed by atoms with Crippen molar-refractivity contribution in [3.63, 3.8) is 0 Å². The van der Waals surface area contributed by atoms with Crippen molar-refractivity contribution >= 4 is 5.78 Å². The highest BCUT2D eigenvalue weighted by Crippen LogP contribution is 2.28. The highest BCUT2D eigenvalue weighted by atomic mass is 16.5. The smallest absolute Gasteiger partial charge is 0.168 e. The van der Waals surface area contributed by atoms with Crippen molar-refractivity contribution in [3.05, 3.63) is 29.8 Å². The Bertz CT molecular complexity index is 444. The van der Waals surface area contributed by atoms with E-state index in [-0.39, 0.29) is 16.8 Å². The molecule has 0 unspecified atom stereocenters. The lowest BCUT2D eigenvalue weighted by Crippen LogP contribution is -2.27. The number of ether oxygens (including phenoxy) is 1. The van der Waals surface area contributed by atoms with Gasteiger partial charge in [-0.2, -0.15) is 0 Å². The van der Waals surface area contributed by atoms with Gasteiger partial charge < -0.3 is 4.74 Å². The summed E-state index contributed by atoms with van der Waals surface area (Å²) in [4.78, 5) is 12.4. The molecule has 1 rings (SSSR count). The lowest BCUT2D eigenvalue weighted by Gasteiger charge is -2.26. The quantitative estimate of drug-likeness (QED) is 0.683. The lowest BCUT2D eigenvalue weighted by molar-refractivity contribution is 0.0828. The molecule has 0 spiro atoms.